The maximum atomic E-state index is 10.0. The van der Waals surface area contributed by atoms with Gasteiger partial charge < -0.3 is 20.4 Å². The van der Waals surface area contributed by atoms with Crippen LogP contribution in [-0.2, 0) is 0 Å². The van der Waals surface area contributed by atoms with Crippen LogP contribution >= 0.6 is 0 Å². The number of rotatable bonds is 6. The number of hydrogen-bond donors (Lipinski definition) is 4. The molecule has 0 aromatic heterocycles. The van der Waals surface area contributed by atoms with Crippen LogP contribution in [-0.4, -0.2) is 32.6 Å². The van der Waals surface area contributed by atoms with Crippen molar-refractivity contribution in [1.29, 1.82) is 0 Å². The van der Waals surface area contributed by atoms with Crippen LogP contribution in [0.5, 0.6) is 0 Å². The summed E-state index contributed by atoms with van der Waals surface area (Å²) in [7, 11) is 0. The van der Waals surface area contributed by atoms with Gasteiger partial charge in [0, 0.05) is 6.42 Å². The summed E-state index contributed by atoms with van der Waals surface area (Å²) in [6.45, 7) is 10.5. The molecule has 0 aromatic carbocycles. The van der Waals surface area contributed by atoms with Crippen LogP contribution in [0.2, 0.25) is 0 Å². The van der Waals surface area contributed by atoms with Gasteiger partial charge in [-0.15, -0.1) is 0 Å². The molecule has 0 rings (SSSR count). The lowest BCUT2D eigenvalue weighted by Gasteiger charge is -2.17. The average Bonchev–Trinajstić information content (AvgIpc) is 2.37. The van der Waals surface area contributed by atoms with Gasteiger partial charge in [-0.05, 0) is 76.0 Å². The largest absolute Gasteiger partial charge is 0.508 e. The molecular weight excluding hydrogens is 268 g/mol. The molecule has 4 N–H and O–H groups in total. The molecule has 0 radical (unpaired) electrons. The Morgan fingerprint density at radius 3 is 1.24 bits per heavy atom. The van der Waals surface area contributed by atoms with Gasteiger partial charge in [0.05, 0.1) is 12.2 Å². The molecule has 120 valence electrons. The molecule has 0 aliphatic heterocycles. The standard InChI is InChI=1S/C17H28O4/c1-10(2)14(18)7-12(5)16(20)9-17(21)13(6)8-15(19)11(3)4/h7-8,16-21H,9H2,1-6H3/b12-7+,13-8+. The molecule has 0 bridgehead atoms. The summed E-state index contributed by atoms with van der Waals surface area (Å²) < 4.78 is 0. The Kier molecular flexibility index (Phi) is 8.07. The van der Waals surface area contributed by atoms with Crippen molar-refractivity contribution >= 4 is 0 Å². The quantitative estimate of drug-likeness (QED) is 0.445. The predicted octanol–water partition coefficient (Wildman–Crippen LogP) is 3.69. The van der Waals surface area contributed by atoms with E-state index >= 15 is 0 Å². The fourth-order valence-corrected chi connectivity index (χ4v) is 1.50. The lowest BCUT2D eigenvalue weighted by atomic mass is 9.99. The molecule has 4 nitrogen and oxygen atoms in total. The molecule has 2 unspecified atom stereocenters. The van der Waals surface area contributed by atoms with E-state index in [1.165, 1.54) is 12.2 Å². The van der Waals surface area contributed by atoms with Gasteiger partial charge in [0.25, 0.3) is 0 Å². The molecule has 2 atom stereocenters. The Morgan fingerprint density at radius 2 is 1.00 bits per heavy atom. The Bertz CT molecular complexity index is 429. The summed E-state index contributed by atoms with van der Waals surface area (Å²) in [4.78, 5) is 0. The Labute approximate surface area is 127 Å². The SMILES string of the molecule is CC(C)=C(O)/C=C(\C)C(O)CC(O)/C(C)=C/C(O)=C(C)C. The van der Waals surface area contributed by atoms with E-state index in [4.69, 9.17) is 0 Å². The van der Waals surface area contributed by atoms with E-state index in [-0.39, 0.29) is 17.9 Å². The second-order valence-corrected chi connectivity index (χ2v) is 5.81. The van der Waals surface area contributed by atoms with Crippen molar-refractivity contribution in [2.75, 3.05) is 0 Å². The normalized spacial score (nSPS) is 15.4. The van der Waals surface area contributed by atoms with Gasteiger partial charge >= 0.3 is 0 Å². The Balaban J connectivity index is 4.91. The third-order valence-electron chi connectivity index (χ3n) is 3.25. The van der Waals surface area contributed by atoms with Crippen molar-refractivity contribution in [3.05, 3.63) is 46.0 Å². The van der Waals surface area contributed by atoms with Crippen LogP contribution in [0, 0.1) is 0 Å². The van der Waals surface area contributed by atoms with Crippen molar-refractivity contribution < 1.29 is 20.4 Å². The number of aliphatic hydroxyl groups is 4. The fourth-order valence-electron chi connectivity index (χ4n) is 1.50. The first-order valence-corrected chi connectivity index (χ1v) is 7.01. The zero-order valence-electron chi connectivity index (χ0n) is 13.8. The zero-order valence-corrected chi connectivity index (χ0v) is 13.8. The molecule has 0 spiro atoms. The molecule has 0 fully saturated rings. The van der Waals surface area contributed by atoms with E-state index in [1.807, 2.05) is 0 Å². The van der Waals surface area contributed by atoms with Crippen LogP contribution in [0.25, 0.3) is 0 Å². The van der Waals surface area contributed by atoms with E-state index in [1.54, 1.807) is 41.5 Å². The fraction of sp³-hybridized carbons (Fsp3) is 0.529. The molecule has 21 heavy (non-hydrogen) atoms. The molecule has 0 saturated carbocycles. The van der Waals surface area contributed by atoms with Crippen LogP contribution in [0.1, 0.15) is 48.0 Å². The minimum atomic E-state index is -0.862. The monoisotopic (exact) mass is 296 g/mol. The van der Waals surface area contributed by atoms with E-state index in [9.17, 15) is 20.4 Å². The first kappa shape index (κ1) is 19.5. The third kappa shape index (κ3) is 7.16. The van der Waals surface area contributed by atoms with Crippen molar-refractivity contribution in [2.24, 2.45) is 0 Å². The van der Waals surface area contributed by atoms with E-state index in [2.05, 4.69) is 0 Å². The highest BCUT2D eigenvalue weighted by Crippen LogP contribution is 2.17. The second kappa shape index (κ2) is 8.70. The van der Waals surface area contributed by atoms with Gasteiger partial charge in [-0.1, -0.05) is 0 Å². The molecule has 4 heteroatoms. The Hall–Kier alpha value is -1.52. The minimum Gasteiger partial charge on any atom is -0.508 e. The van der Waals surface area contributed by atoms with Gasteiger partial charge in [-0.3, -0.25) is 0 Å². The summed E-state index contributed by atoms with van der Waals surface area (Å²) in [5, 5.41) is 39.4. The summed E-state index contributed by atoms with van der Waals surface area (Å²) >= 11 is 0. The average molecular weight is 296 g/mol. The van der Waals surface area contributed by atoms with Crippen molar-refractivity contribution in [3.63, 3.8) is 0 Å². The van der Waals surface area contributed by atoms with Gasteiger partial charge in [0.2, 0.25) is 0 Å². The van der Waals surface area contributed by atoms with Crippen LogP contribution in [0.3, 0.4) is 0 Å². The molecule has 0 amide bonds. The predicted molar refractivity (Wildman–Crippen MR) is 86.2 cm³/mol. The Morgan fingerprint density at radius 1 is 0.714 bits per heavy atom. The first-order chi connectivity index (χ1) is 9.56. The topological polar surface area (TPSA) is 80.9 Å². The van der Waals surface area contributed by atoms with Crippen molar-refractivity contribution in [3.8, 4) is 0 Å². The maximum Gasteiger partial charge on any atom is 0.114 e. The summed E-state index contributed by atoms with van der Waals surface area (Å²) in [6.07, 6.45) is 1.38. The summed E-state index contributed by atoms with van der Waals surface area (Å²) in [6, 6.07) is 0. The highest BCUT2D eigenvalue weighted by atomic mass is 16.3. The number of allylic oxidation sites excluding steroid dienone is 4. The van der Waals surface area contributed by atoms with Crippen molar-refractivity contribution in [1.82, 2.24) is 0 Å². The van der Waals surface area contributed by atoms with E-state index < -0.39 is 12.2 Å². The highest BCUT2D eigenvalue weighted by molar-refractivity contribution is 5.25. The molecule has 0 aliphatic rings. The lowest BCUT2D eigenvalue weighted by molar-refractivity contribution is 0.119. The lowest BCUT2D eigenvalue weighted by Crippen LogP contribution is -2.20. The highest BCUT2D eigenvalue weighted by Gasteiger charge is 2.15. The third-order valence-corrected chi connectivity index (χ3v) is 3.25. The van der Waals surface area contributed by atoms with E-state index in [0.717, 1.165) is 11.1 Å². The smallest absolute Gasteiger partial charge is 0.114 e. The second-order valence-electron chi connectivity index (χ2n) is 5.81. The van der Waals surface area contributed by atoms with Gasteiger partial charge in [-0.2, -0.15) is 0 Å². The minimum absolute atomic E-state index is 0.108. The molecular formula is C17H28O4. The van der Waals surface area contributed by atoms with Gasteiger partial charge in [-0.25, -0.2) is 0 Å². The first-order valence-electron chi connectivity index (χ1n) is 7.01. The van der Waals surface area contributed by atoms with Crippen LogP contribution in [0.4, 0.5) is 0 Å². The van der Waals surface area contributed by atoms with Gasteiger partial charge in [0.15, 0.2) is 0 Å². The molecule has 0 aliphatic carbocycles. The number of aliphatic hydroxyl groups excluding tert-OH is 4. The van der Waals surface area contributed by atoms with E-state index in [0.29, 0.717) is 11.1 Å². The van der Waals surface area contributed by atoms with Crippen LogP contribution in [0.15, 0.2) is 46.0 Å². The summed E-state index contributed by atoms with van der Waals surface area (Å²) in [5.74, 6) is 0.242. The molecule has 0 saturated heterocycles. The van der Waals surface area contributed by atoms with Gasteiger partial charge in [0.1, 0.15) is 11.5 Å². The number of hydrogen-bond acceptors (Lipinski definition) is 4. The zero-order chi connectivity index (χ0) is 16.7. The maximum absolute atomic E-state index is 10.0. The molecule has 0 heterocycles. The van der Waals surface area contributed by atoms with Crippen LogP contribution < -0.4 is 0 Å². The summed E-state index contributed by atoms with van der Waals surface area (Å²) in [5.41, 5.74) is 2.66. The molecule has 0 aromatic rings. The van der Waals surface area contributed by atoms with Crippen molar-refractivity contribution in [2.45, 2.75) is 60.2 Å².